The van der Waals surface area contributed by atoms with Crippen molar-refractivity contribution in [2.45, 2.75) is 39.3 Å². The van der Waals surface area contributed by atoms with Gasteiger partial charge in [-0.3, -0.25) is 15.0 Å². The van der Waals surface area contributed by atoms with Crippen LogP contribution in [0.2, 0.25) is 0 Å². The minimum absolute atomic E-state index is 0.151. The zero-order valence-corrected chi connectivity index (χ0v) is 12.9. The lowest BCUT2D eigenvalue weighted by molar-refractivity contribution is -0.385. The number of hydrogen-bond acceptors (Lipinski definition) is 3. The molecule has 4 nitrogen and oxygen atoms in total. The molecule has 0 spiro atoms. The number of nitro benzene ring substituents is 1. The van der Waals surface area contributed by atoms with Gasteiger partial charge < -0.3 is 0 Å². The van der Waals surface area contributed by atoms with Crippen LogP contribution in [0.15, 0.2) is 22.7 Å². The lowest BCUT2D eigenvalue weighted by atomic mass is 10.0. The first-order valence-electron chi connectivity index (χ1n) is 6.66. The molecule has 1 aromatic carbocycles. The molecule has 2 rings (SSSR count). The van der Waals surface area contributed by atoms with Crippen LogP contribution in [0.5, 0.6) is 0 Å². The van der Waals surface area contributed by atoms with Crippen molar-refractivity contribution in [1.29, 1.82) is 0 Å². The molecule has 1 saturated heterocycles. The average molecular weight is 327 g/mol. The molecule has 0 bridgehead atoms. The lowest BCUT2D eigenvalue weighted by Crippen LogP contribution is -2.32. The molecular weight excluding hydrogens is 308 g/mol. The quantitative estimate of drug-likeness (QED) is 0.621. The Morgan fingerprint density at radius 1 is 1.53 bits per heavy atom. The van der Waals surface area contributed by atoms with Gasteiger partial charge in [-0.25, -0.2) is 0 Å². The fraction of sp³-hybridized carbons (Fsp3) is 0.571. The summed E-state index contributed by atoms with van der Waals surface area (Å²) in [5, 5.41) is 10.9. The third kappa shape index (κ3) is 3.34. The van der Waals surface area contributed by atoms with E-state index >= 15 is 0 Å². The lowest BCUT2D eigenvalue weighted by Gasteiger charge is -2.27. The predicted molar refractivity (Wildman–Crippen MR) is 79.1 cm³/mol. The van der Waals surface area contributed by atoms with Gasteiger partial charge in [0.2, 0.25) is 0 Å². The maximum atomic E-state index is 10.9. The summed E-state index contributed by atoms with van der Waals surface area (Å²) in [7, 11) is 0. The van der Waals surface area contributed by atoms with Crippen molar-refractivity contribution in [3.63, 3.8) is 0 Å². The molecule has 1 aliphatic rings. The summed E-state index contributed by atoms with van der Waals surface area (Å²) in [6.45, 7) is 6.38. The molecule has 0 saturated carbocycles. The summed E-state index contributed by atoms with van der Waals surface area (Å²) in [4.78, 5) is 13.1. The van der Waals surface area contributed by atoms with Crippen LogP contribution in [0.4, 0.5) is 5.69 Å². The first-order valence-corrected chi connectivity index (χ1v) is 7.45. The van der Waals surface area contributed by atoms with Crippen LogP contribution < -0.4 is 0 Å². The maximum absolute atomic E-state index is 10.9. The number of hydrogen-bond donors (Lipinski definition) is 0. The van der Waals surface area contributed by atoms with E-state index in [-0.39, 0.29) is 10.6 Å². The standard InChI is InChI=1S/C14H19BrN2O2/c1-10(2)13-4-3-7-16(13)9-11-5-6-12(15)14(8-11)17(18)19/h5-6,8,10,13H,3-4,7,9H2,1-2H3. The van der Waals surface area contributed by atoms with Crippen molar-refractivity contribution in [3.8, 4) is 0 Å². The molecule has 1 aromatic rings. The predicted octanol–water partition coefficient (Wildman–Crippen LogP) is 3.98. The van der Waals surface area contributed by atoms with E-state index in [4.69, 9.17) is 0 Å². The molecule has 5 heteroatoms. The van der Waals surface area contributed by atoms with E-state index in [9.17, 15) is 10.1 Å². The molecule has 0 amide bonds. The molecule has 0 aliphatic carbocycles. The van der Waals surface area contributed by atoms with Gasteiger partial charge in [0.15, 0.2) is 0 Å². The van der Waals surface area contributed by atoms with E-state index in [1.54, 1.807) is 12.1 Å². The maximum Gasteiger partial charge on any atom is 0.283 e. The van der Waals surface area contributed by atoms with E-state index in [0.717, 1.165) is 18.7 Å². The molecular formula is C14H19BrN2O2. The van der Waals surface area contributed by atoms with Crippen molar-refractivity contribution in [1.82, 2.24) is 4.90 Å². The molecule has 0 N–H and O–H groups in total. The van der Waals surface area contributed by atoms with Crippen LogP contribution in [-0.2, 0) is 6.54 Å². The van der Waals surface area contributed by atoms with E-state index in [2.05, 4.69) is 34.7 Å². The largest absolute Gasteiger partial charge is 0.296 e. The van der Waals surface area contributed by atoms with Gasteiger partial charge in [0.25, 0.3) is 5.69 Å². The average Bonchev–Trinajstić information content (AvgIpc) is 2.79. The zero-order chi connectivity index (χ0) is 14.0. The number of benzene rings is 1. The third-order valence-electron chi connectivity index (χ3n) is 3.78. The fourth-order valence-electron chi connectivity index (χ4n) is 2.83. The number of rotatable bonds is 4. The topological polar surface area (TPSA) is 46.4 Å². The minimum Gasteiger partial charge on any atom is -0.296 e. The second kappa shape index (κ2) is 6.01. The number of halogens is 1. The highest BCUT2D eigenvalue weighted by molar-refractivity contribution is 9.10. The molecule has 19 heavy (non-hydrogen) atoms. The molecule has 1 heterocycles. The first kappa shape index (κ1) is 14.5. The van der Waals surface area contributed by atoms with Gasteiger partial charge in [0, 0.05) is 18.7 Å². The molecule has 1 fully saturated rings. The van der Waals surface area contributed by atoms with Crippen LogP contribution in [0.1, 0.15) is 32.3 Å². The summed E-state index contributed by atoms with van der Waals surface area (Å²) >= 11 is 3.22. The third-order valence-corrected chi connectivity index (χ3v) is 4.45. The summed E-state index contributed by atoms with van der Waals surface area (Å²) < 4.78 is 0.545. The first-order chi connectivity index (χ1) is 8.99. The normalized spacial score (nSPS) is 20.1. The van der Waals surface area contributed by atoms with Crippen LogP contribution in [-0.4, -0.2) is 22.4 Å². The SMILES string of the molecule is CC(C)C1CCCN1Cc1ccc(Br)c([N+](=O)[O-])c1. The van der Waals surface area contributed by atoms with E-state index < -0.39 is 0 Å². The highest BCUT2D eigenvalue weighted by Gasteiger charge is 2.27. The second-order valence-corrected chi connectivity index (χ2v) is 6.32. The van der Waals surface area contributed by atoms with Crippen LogP contribution >= 0.6 is 15.9 Å². The fourth-order valence-corrected chi connectivity index (χ4v) is 3.23. The monoisotopic (exact) mass is 326 g/mol. The Labute approximate surface area is 122 Å². The Morgan fingerprint density at radius 2 is 2.26 bits per heavy atom. The molecule has 104 valence electrons. The van der Waals surface area contributed by atoms with Crippen LogP contribution in [0.25, 0.3) is 0 Å². The van der Waals surface area contributed by atoms with Gasteiger partial charge >= 0.3 is 0 Å². The van der Waals surface area contributed by atoms with E-state index in [0.29, 0.717) is 16.4 Å². The Morgan fingerprint density at radius 3 is 2.89 bits per heavy atom. The number of nitro groups is 1. The van der Waals surface area contributed by atoms with Crippen molar-refractivity contribution < 1.29 is 4.92 Å². The summed E-state index contributed by atoms with van der Waals surface area (Å²) in [5.41, 5.74) is 1.17. The van der Waals surface area contributed by atoms with Gasteiger partial charge in [-0.05, 0) is 52.9 Å². The summed E-state index contributed by atoms with van der Waals surface area (Å²) in [6.07, 6.45) is 2.46. The highest BCUT2D eigenvalue weighted by atomic mass is 79.9. The van der Waals surface area contributed by atoms with Crippen LogP contribution in [0, 0.1) is 16.0 Å². The molecule has 0 aromatic heterocycles. The van der Waals surface area contributed by atoms with E-state index in [1.807, 2.05) is 6.07 Å². The summed E-state index contributed by atoms with van der Waals surface area (Å²) in [6, 6.07) is 6.02. The smallest absolute Gasteiger partial charge is 0.283 e. The van der Waals surface area contributed by atoms with Crippen molar-refractivity contribution in [2.24, 2.45) is 5.92 Å². The minimum atomic E-state index is -0.336. The molecule has 1 unspecified atom stereocenters. The second-order valence-electron chi connectivity index (χ2n) is 5.47. The van der Waals surface area contributed by atoms with Gasteiger partial charge in [-0.2, -0.15) is 0 Å². The Kier molecular flexibility index (Phi) is 4.58. The molecule has 0 radical (unpaired) electrons. The Balaban J connectivity index is 2.15. The van der Waals surface area contributed by atoms with Gasteiger partial charge in [-0.1, -0.05) is 19.9 Å². The van der Waals surface area contributed by atoms with Gasteiger partial charge in [0.05, 0.1) is 9.40 Å². The Bertz CT molecular complexity index is 477. The highest BCUT2D eigenvalue weighted by Crippen LogP contribution is 2.29. The van der Waals surface area contributed by atoms with Crippen molar-refractivity contribution >= 4 is 21.6 Å². The van der Waals surface area contributed by atoms with Crippen molar-refractivity contribution in [2.75, 3.05) is 6.54 Å². The van der Waals surface area contributed by atoms with Crippen molar-refractivity contribution in [3.05, 3.63) is 38.3 Å². The zero-order valence-electron chi connectivity index (χ0n) is 11.3. The van der Waals surface area contributed by atoms with Gasteiger partial charge in [0.1, 0.15) is 0 Å². The summed E-state index contributed by atoms with van der Waals surface area (Å²) in [5.74, 6) is 0.632. The van der Waals surface area contributed by atoms with Gasteiger partial charge in [-0.15, -0.1) is 0 Å². The molecule has 1 atom stereocenters. The molecule has 1 aliphatic heterocycles. The number of likely N-dealkylation sites (tertiary alicyclic amines) is 1. The number of nitrogens with zero attached hydrogens (tertiary/aromatic N) is 2. The van der Waals surface area contributed by atoms with E-state index in [1.165, 1.54) is 12.8 Å². The Hall–Kier alpha value is -0.940. The van der Waals surface area contributed by atoms with Crippen LogP contribution in [0.3, 0.4) is 0 Å².